The topological polar surface area (TPSA) is 110 Å². The zero-order valence-corrected chi connectivity index (χ0v) is 22.6. The number of methoxy groups -OCH3 is 1. The Hall–Kier alpha value is -2.82. The molecule has 2 N–H and O–H groups in total. The van der Waals surface area contributed by atoms with Crippen LogP contribution >= 0.6 is 0 Å². The van der Waals surface area contributed by atoms with E-state index < -0.39 is 5.91 Å². The summed E-state index contributed by atoms with van der Waals surface area (Å²) in [5.74, 6) is 1.38. The number of hydrogen-bond acceptors (Lipinski definition) is 9. The predicted octanol–water partition coefficient (Wildman–Crippen LogP) is 2.66. The number of nitrogens with zero attached hydrogens (tertiary/aromatic N) is 6. The lowest BCUT2D eigenvalue weighted by molar-refractivity contribution is -0.0345. The normalized spacial score (nSPS) is 17.9. The number of likely N-dealkylation sites (tertiary alicyclic amines) is 1. The van der Waals surface area contributed by atoms with Crippen molar-refractivity contribution in [2.45, 2.75) is 39.2 Å². The van der Waals surface area contributed by atoms with Gasteiger partial charge in [0.15, 0.2) is 5.82 Å². The summed E-state index contributed by atoms with van der Waals surface area (Å²) in [7, 11) is 3.92. The van der Waals surface area contributed by atoms with Gasteiger partial charge in [-0.1, -0.05) is 26.0 Å². The lowest BCUT2D eigenvalue weighted by Crippen LogP contribution is -2.62. The molecule has 10 heteroatoms. The maximum Gasteiger partial charge on any atom is 0.282 e. The molecule has 2 aromatic rings. The van der Waals surface area contributed by atoms with Crippen LogP contribution in [0.2, 0.25) is 0 Å². The Kier molecular flexibility index (Phi) is 8.94. The Labute approximate surface area is 220 Å². The highest BCUT2D eigenvalue weighted by Crippen LogP contribution is 2.44. The molecule has 1 amide bonds. The van der Waals surface area contributed by atoms with Crippen LogP contribution < -0.4 is 15.4 Å². The molecule has 4 rings (SSSR count). The van der Waals surface area contributed by atoms with Crippen LogP contribution in [-0.2, 0) is 4.74 Å². The summed E-state index contributed by atoms with van der Waals surface area (Å²) in [6.07, 6.45) is 4.95. The lowest BCUT2D eigenvalue weighted by atomic mass is 9.76. The Balaban J connectivity index is 1.35. The molecule has 10 nitrogen and oxygen atoms in total. The molecule has 2 aliphatic rings. The Morgan fingerprint density at radius 2 is 2.00 bits per heavy atom. The van der Waals surface area contributed by atoms with Crippen LogP contribution in [-0.4, -0.2) is 97.0 Å². The standard InChI is InChI=1S/C27H41N7O3/c1-20(2)22(9-7-12-32(3)14-15-36-4)34-17-27(18-34)11-13-33(16-27)25-26(31-30-19-29-25)37-23-10-6-5-8-21(23)24(28)35/h5-6,8,10,19-20,22H,7,9,11-18H2,1-4H3,(H2,28,35). The number of carbonyl (C=O) groups excluding carboxylic acids is 1. The second kappa shape index (κ2) is 12.1. The molecule has 0 aliphatic carbocycles. The minimum absolute atomic E-state index is 0.260. The summed E-state index contributed by atoms with van der Waals surface area (Å²) in [6, 6.07) is 7.48. The van der Waals surface area contributed by atoms with Gasteiger partial charge in [-0.15, -0.1) is 10.2 Å². The van der Waals surface area contributed by atoms with Gasteiger partial charge in [0, 0.05) is 51.3 Å². The molecule has 1 unspecified atom stereocenters. The fourth-order valence-corrected chi connectivity index (χ4v) is 5.70. The third-order valence-electron chi connectivity index (χ3n) is 7.70. The summed E-state index contributed by atoms with van der Waals surface area (Å²) in [4.78, 5) is 23.6. The smallest absolute Gasteiger partial charge is 0.282 e. The summed E-state index contributed by atoms with van der Waals surface area (Å²) in [5.41, 5.74) is 6.08. The van der Waals surface area contributed by atoms with E-state index in [0.717, 1.165) is 52.3 Å². The second-order valence-electron chi connectivity index (χ2n) is 10.9. The molecule has 0 saturated carbocycles. The van der Waals surface area contributed by atoms with Gasteiger partial charge >= 0.3 is 0 Å². The number of hydrogen-bond donors (Lipinski definition) is 1. The van der Waals surface area contributed by atoms with Gasteiger partial charge in [0.2, 0.25) is 0 Å². The number of anilines is 1. The molecule has 37 heavy (non-hydrogen) atoms. The molecule has 0 bridgehead atoms. The summed E-state index contributed by atoms with van der Waals surface area (Å²) < 4.78 is 11.2. The first-order chi connectivity index (χ1) is 17.8. The SMILES string of the molecule is COCCN(C)CCCC(C(C)C)N1CC2(CCN(c3ncnnc3Oc3ccccc3C(N)=O)C2)C1. The largest absolute Gasteiger partial charge is 0.434 e. The molecule has 2 saturated heterocycles. The van der Waals surface area contributed by atoms with Gasteiger partial charge in [0.25, 0.3) is 11.8 Å². The van der Waals surface area contributed by atoms with E-state index in [9.17, 15) is 4.79 Å². The van der Waals surface area contributed by atoms with Crippen LogP contribution in [0.5, 0.6) is 11.6 Å². The van der Waals surface area contributed by atoms with Crippen molar-refractivity contribution in [3.63, 3.8) is 0 Å². The quantitative estimate of drug-likeness (QED) is 0.434. The highest BCUT2D eigenvalue weighted by atomic mass is 16.5. The summed E-state index contributed by atoms with van der Waals surface area (Å²) >= 11 is 0. The number of primary amides is 1. The molecule has 202 valence electrons. The zero-order chi connectivity index (χ0) is 26.4. The second-order valence-corrected chi connectivity index (χ2v) is 10.9. The van der Waals surface area contributed by atoms with Crippen LogP contribution in [0, 0.1) is 11.3 Å². The van der Waals surface area contributed by atoms with E-state index in [1.807, 2.05) is 0 Å². The van der Waals surface area contributed by atoms with Gasteiger partial charge < -0.3 is 25.0 Å². The average Bonchev–Trinajstić information content (AvgIpc) is 3.31. The molecular formula is C27H41N7O3. The van der Waals surface area contributed by atoms with E-state index in [1.165, 1.54) is 19.2 Å². The van der Waals surface area contributed by atoms with Crippen molar-refractivity contribution in [2.24, 2.45) is 17.1 Å². The molecule has 3 heterocycles. The number of carbonyl (C=O) groups is 1. The van der Waals surface area contributed by atoms with Gasteiger partial charge in [-0.2, -0.15) is 0 Å². The fourth-order valence-electron chi connectivity index (χ4n) is 5.70. The predicted molar refractivity (Wildman–Crippen MR) is 143 cm³/mol. The lowest BCUT2D eigenvalue weighted by Gasteiger charge is -2.53. The molecule has 1 atom stereocenters. The molecule has 0 radical (unpaired) electrons. The van der Waals surface area contributed by atoms with E-state index in [4.69, 9.17) is 15.2 Å². The highest BCUT2D eigenvalue weighted by Gasteiger charge is 2.50. The van der Waals surface area contributed by atoms with Crippen molar-refractivity contribution in [1.29, 1.82) is 0 Å². The number of likely N-dealkylation sites (N-methyl/N-ethyl adjacent to an activating group) is 1. The van der Waals surface area contributed by atoms with E-state index in [2.05, 4.69) is 50.8 Å². The number of ether oxygens (including phenoxy) is 2. The van der Waals surface area contributed by atoms with Crippen LogP contribution in [0.4, 0.5) is 5.82 Å². The van der Waals surface area contributed by atoms with E-state index in [1.54, 1.807) is 31.4 Å². The van der Waals surface area contributed by atoms with Gasteiger partial charge in [-0.25, -0.2) is 4.98 Å². The number of aromatic nitrogens is 3. The van der Waals surface area contributed by atoms with E-state index in [0.29, 0.717) is 35.0 Å². The molecular weight excluding hydrogens is 470 g/mol. The van der Waals surface area contributed by atoms with Gasteiger partial charge in [0.1, 0.15) is 12.1 Å². The third kappa shape index (κ3) is 6.55. The van der Waals surface area contributed by atoms with Crippen molar-refractivity contribution in [2.75, 3.05) is 64.9 Å². The first-order valence-corrected chi connectivity index (χ1v) is 13.2. The first kappa shape index (κ1) is 27.2. The number of amides is 1. The zero-order valence-electron chi connectivity index (χ0n) is 22.6. The van der Waals surface area contributed by atoms with Gasteiger partial charge in [-0.05, 0) is 50.9 Å². The maximum atomic E-state index is 11.8. The van der Waals surface area contributed by atoms with Crippen molar-refractivity contribution in [3.05, 3.63) is 36.2 Å². The van der Waals surface area contributed by atoms with Crippen molar-refractivity contribution < 1.29 is 14.3 Å². The third-order valence-corrected chi connectivity index (χ3v) is 7.70. The monoisotopic (exact) mass is 511 g/mol. The minimum atomic E-state index is -0.551. The maximum absolute atomic E-state index is 11.8. The Bertz CT molecular complexity index is 1040. The molecule has 1 spiro atoms. The highest BCUT2D eigenvalue weighted by molar-refractivity contribution is 5.95. The van der Waals surface area contributed by atoms with Gasteiger partial charge in [-0.3, -0.25) is 9.69 Å². The molecule has 2 fully saturated rings. The summed E-state index contributed by atoms with van der Waals surface area (Å²) in [6.45, 7) is 11.5. The molecule has 2 aliphatic heterocycles. The van der Waals surface area contributed by atoms with Crippen molar-refractivity contribution in [3.8, 4) is 11.6 Å². The number of benzene rings is 1. The number of rotatable bonds is 13. The molecule has 1 aromatic carbocycles. The Morgan fingerprint density at radius 1 is 1.22 bits per heavy atom. The number of para-hydroxylation sites is 1. The van der Waals surface area contributed by atoms with Crippen molar-refractivity contribution in [1.82, 2.24) is 25.0 Å². The number of nitrogens with two attached hydrogens (primary N) is 1. The van der Waals surface area contributed by atoms with Crippen LogP contribution in [0.1, 0.15) is 43.5 Å². The van der Waals surface area contributed by atoms with Crippen molar-refractivity contribution >= 4 is 11.7 Å². The average molecular weight is 512 g/mol. The van der Waals surface area contributed by atoms with E-state index >= 15 is 0 Å². The van der Waals surface area contributed by atoms with E-state index in [-0.39, 0.29) is 5.41 Å². The fraction of sp³-hybridized carbons (Fsp3) is 0.630. The summed E-state index contributed by atoms with van der Waals surface area (Å²) in [5, 5.41) is 8.11. The first-order valence-electron chi connectivity index (χ1n) is 13.2. The van der Waals surface area contributed by atoms with Crippen LogP contribution in [0.15, 0.2) is 30.6 Å². The van der Waals surface area contributed by atoms with Crippen LogP contribution in [0.3, 0.4) is 0 Å². The van der Waals surface area contributed by atoms with Gasteiger partial charge in [0.05, 0.1) is 12.2 Å². The molecule has 1 aromatic heterocycles. The minimum Gasteiger partial charge on any atom is -0.434 e. The Morgan fingerprint density at radius 3 is 2.73 bits per heavy atom. The van der Waals surface area contributed by atoms with Crippen LogP contribution in [0.25, 0.3) is 0 Å².